The molecule has 0 bridgehead atoms. The molecule has 0 spiro atoms. The number of rotatable bonds is 21. The van der Waals surface area contributed by atoms with Crippen molar-refractivity contribution in [2.24, 2.45) is 0 Å². The number of anilines is 1. The number of benzene rings is 1. The van der Waals surface area contributed by atoms with Crippen LogP contribution in [0.5, 0.6) is 5.75 Å². The Bertz CT molecular complexity index is 638. The van der Waals surface area contributed by atoms with Crippen molar-refractivity contribution < 1.29 is 17.3 Å². The molecule has 1 radical (unpaired) electrons. The summed E-state index contributed by atoms with van der Waals surface area (Å²) in [5.74, 6) is -0.0146. The first-order chi connectivity index (χ1) is 15.0. The Hall–Kier alpha value is -0.270. The van der Waals surface area contributed by atoms with Gasteiger partial charge in [-0.3, -0.25) is 4.18 Å². The first-order valence-corrected chi connectivity index (χ1v) is 14.0. The van der Waals surface area contributed by atoms with E-state index in [4.69, 9.17) is 14.7 Å². The summed E-state index contributed by atoms with van der Waals surface area (Å²) in [4.78, 5) is 0. The van der Waals surface area contributed by atoms with Gasteiger partial charge < -0.3 is 10.5 Å². The molecule has 7 heteroatoms. The monoisotopic (exact) mass is 478 g/mol. The molecule has 1 rings (SSSR count). The fourth-order valence-electron chi connectivity index (χ4n) is 3.57. The molecular formula is C25H45NNaO4S. The van der Waals surface area contributed by atoms with E-state index in [2.05, 4.69) is 6.92 Å². The van der Waals surface area contributed by atoms with Gasteiger partial charge in [-0.1, -0.05) is 103 Å². The van der Waals surface area contributed by atoms with Crippen LogP contribution >= 0.6 is 0 Å². The molecule has 0 aliphatic carbocycles. The number of unbranched alkanes of at least 4 members (excludes halogenated alkanes) is 15. The Kier molecular flexibility index (Phi) is 21.1. The van der Waals surface area contributed by atoms with Crippen LogP contribution in [0.3, 0.4) is 0 Å². The molecule has 2 N–H and O–H groups in total. The van der Waals surface area contributed by atoms with Crippen molar-refractivity contribution in [3.05, 3.63) is 24.3 Å². The van der Waals surface area contributed by atoms with E-state index in [9.17, 15) is 8.42 Å². The van der Waals surface area contributed by atoms with Crippen LogP contribution < -0.4 is 10.5 Å². The second-order valence-electron chi connectivity index (χ2n) is 8.51. The van der Waals surface area contributed by atoms with Crippen LogP contribution in [0.15, 0.2) is 24.3 Å². The average molecular weight is 479 g/mol. The summed E-state index contributed by atoms with van der Waals surface area (Å²) in [6.45, 7) is 2.50. The first-order valence-electron chi connectivity index (χ1n) is 12.4. The Labute approximate surface area is 219 Å². The van der Waals surface area contributed by atoms with Crippen molar-refractivity contribution in [2.45, 2.75) is 110 Å². The fourth-order valence-corrected chi connectivity index (χ4v) is 4.29. The predicted molar refractivity (Wildman–Crippen MR) is 137 cm³/mol. The van der Waals surface area contributed by atoms with Crippen LogP contribution in [0.2, 0.25) is 0 Å². The van der Waals surface area contributed by atoms with Gasteiger partial charge in [-0.05, 0) is 30.7 Å². The summed E-state index contributed by atoms with van der Waals surface area (Å²) in [5, 5.41) is 0. The number of ether oxygens (including phenoxy) is 1. The van der Waals surface area contributed by atoms with E-state index in [1.165, 1.54) is 83.5 Å². The Morgan fingerprint density at radius 2 is 1.09 bits per heavy atom. The molecule has 5 nitrogen and oxygen atoms in total. The number of hydrogen-bond donors (Lipinski definition) is 1. The molecule has 0 amide bonds. The summed E-state index contributed by atoms with van der Waals surface area (Å²) in [5.41, 5.74) is 6.19. The van der Waals surface area contributed by atoms with Gasteiger partial charge in [0.15, 0.2) is 0 Å². The third-order valence-electron chi connectivity index (χ3n) is 5.51. The molecule has 0 atom stereocenters. The van der Waals surface area contributed by atoms with Gasteiger partial charge in [0.2, 0.25) is 5.94 Å². The van der Waals surface area contributed by atoms with E-state index in [0.29, 0.717) is 11.4 Å². The van der Waals surface area contributed by atoms with Gasteiger partial charge in [-0.2, -0.15) is 8.42 Å². The zero-order valence-corrected chi connectivity index (χ0v) is 23.5. The quantitative estimate of drug-likeness (QED) is 0.0906. The summed E-state index contributed by atoms with van der Waals surface area (Å²) < 4.78 is 34.0. The smallest absolute Gasteiger partial charge is 0.303 e. The molecule has 1 aromatic rings. The van der Waals surface area contributed by atoms with E-state index in [-0.39, 0.29) is 36.2 Å². The molecule has 0 saturated carbocycles. The first kappa shape index (κ1) is 31.7. The van der Waals surface area contributed by atoms with E-state index in [0.717, 1.165) is 19.3 Å². The van der Waals surface area contributed by atoms with Gasteiger partial charge >= 0.3 is 10.1 Å². The van der Waals surface area contributed by atoms with E-state index in [1.54, 1.807) is 24.3 Å². The Morgan fingerprint density at radius 1 is 0.688 bits per heavy atom. The molecule has 0 aliphatic rings. The molecule has 0 aliphatic heterocycles. The minimum atomic E-state index is -3.66. The van der Waals surface area contributed by atoms with Crippen LogP contribution in [0.1, 0.15) is 110 Å². The summed E-state index contributed by atoms with van der Waals surface area (Å²) in [6.07, 6.45) is 20.7. The van der Waals surface area contributed by atoms with E-state index < -0.39 is 16.1 Å². The van der Waals surface area contributed by atoms with Crippen molar-refractivity contribution in [2.75, 3.05) is 18.3 Å². The van der Waals surface area contributed by atoms with Gasteiger partial charge in [0.1, 0.15) is 5.75 Å². The minimum Gasteiger partial charge on any atom is -0.475 e. The minimum absolute atomic E-state index is 0. The predicted octanol–water partition coefficient (Wildman–Crippen LogP) is 6.83. The molecule has 0 saturated heterocycles. The second kappa shape index (κ2) is 21.3. The van der Waals surface area contributed by atoms with Crippen LogP contribution in [-0.4, -0.2) is 50.5 Å². The molecule has 0 heterocycles. The van der Waals surface area contributed by atoms with Gasteiger partial charge in [0, 0.05) is 35.2 Å². The standard InChI is InChI=1S/C25H45NO4S.Na/c1-2-3-4-5-6-7-8-9-10-11-12-13-14-15-16-17-22-30-31(27,28)23-29-25-20-18-24(26)19-21-25;/h18-21H,2-17,22-23,26H2,1H3;. The van der Waals surface area contributed by atoms with Gasteiger partial charge in [-0.15, -0.1) is 0 Å². The van der Waals surface area contributed by atoms with Gasteiger partial charge in [0.25, 0.3) is 0 Å². The summed E-state index contributed by atoms with van der Waals surface area (Å²) >= 11 is 0. The van der Waals surface area contributed by atoms with E-state index >= 15 is 0 Å². The van der Waals surface area contributed by atoms with Crippen LogP contribution in [0, 0.1) is 0 Å². The number of nitrogen functional groups attached to an aromatic ring is 1. The molecule has 0 fully saturated rings. The van der Waals surface area contributed by atoms with Crippen LogP contribution in [-0.2, 0) is 14.3 Å². The van der Waals surface area contributed by atoms with Crippen molar-refractivity contribution in [3.63, 3.8) is 0 Å². The van der Waals surface area contributed by atoms with Gasteiger partial charge in [-0.25, -0.2) is 0 Å². The molecule has 0 unspecified atom stereocenters. The average Bonchev–Trinajstić information content (AvgIpc) is 2.75. The molecular weight excluding hydrogens is 433 g/mol. The van der Waals surface area contributed by atoms with E-state index in [1.807, 2.05) is 0 Å². The second-order valence-corrected chi connectivity index (χ2v) is 10.1. The fraction of sp³-hybridized carbons (Fsp3) is 0.760. The summed E-state index contributed by atoms with van der Waals surface area (Å²) in [7, 11) is -3.66. The van der Waals surface area contributed by atoms with Crippen molar-refractivity contribution in [1.29, 1.82) is 0 Å². The number of nitrogens with two attached hydrogens (primary N) is 1. The Balaban J connectivity index is 0.00000961. The van der Waals surface area contributed by atoms with Gasteiger partial charge in [0.05, 0.1) is 6.61 Å². The summed E-state index contributed by atoms with van der Waals surface area (Å²) in [6, 6.07) is 6.61. The zero-order valence-electron chi connectivity index (χ0n) is 20.7. The molecule has 32 heavy (non-hydrogen) atoms. The maximum absolute atomic E-state index is 11.9. The molecule has 1 aromatic carbocycles. The zero-order chi connectivity index (χ0) is 22.6. The van der Waals surface area contributed by atoms with Crippen LogP contribution in [0.4, 0.5) is 5.69 Å². The SMILES string of the molecule is CCCCCCCCCCCCCCCCCCOS(=O)(=O)COc1ccc(N)cc1.[Na]. The van der Waals surface area contributed by atoms with Crippen molar-refractivity contribution in [1.82, 2.24) is 0 Å². The third-order valence-corrected chi connectivity index (χ3v) is 6.44. The largest absolute Gasteiger partial charge is 0.475 e. The Morgan fingerprint density at radius 3 is 1.53 bits per heavy atom. The topological polar surface area (TPSA) is 78.6 Å². The maximum atomic E-state index is 11.9. The third kappa shape index (κ3) is 19.2. The number of hydrogen-bond acceptors (Lipinski definition) is 5. The molecule has 181 valence electrons. The van der Waals surface area contributed by atoms with Crippen molar-refractivity contribution >= 4 is 45.4 Å². The molecule has 0 aromatic heterocycles. The maximum Gasteiger partial charge on any atom is 0.303 e. The van der Waals surface area contributed by atoms with Crippen LogP contribution in [0.25, 0.3) is 0 Å². The van der Waals surface area contributed by atoms with Crippen molar-refractivity contribution in [3.8, 4) is 5.75 Å². The normalized spacial score (nSPS) is 11.3.